The summed E-state index contributed by atoms with van der Waals surface area (Å²) in [6.45, 7) is 0. The molecule has 2 aromatic rings. The Morgan fingerprint density at radius 2 is 1.88 bits per heavy atom. The van der Waals surface area contributed by atoms with E-state index >= 15 is 0 Å². The van der Waals surface area contributed by atoms with Crippen molar-refractivity contribution in [3.05, 3.63) is 57.5 Å². The fraction of sp³-hybridized carbons (Fsp3) is 0.0769. The van der Waals surface area contributed by atoms with Crippen molar-refractivity contribution in [3.8, 4) is 0 Å². The second-order valence-electron chi connectivity index (χ2n) is 3.54. The molecule has 0 aliphatic heterocycles. The predicted molar refractivity (Wildman–Crippen MR) is 79.6 cm³/mol. The van der Waals surface area contributed by atoms with Crippen molar-refractivity contribution < 1.29 is 0 Å². The SMILES string of the molecule is Nc1cccc(Cl)c1SCc1ccccc1Br. The zero-order chi connectivity index (χ0) is 12.3. The lowest BCUT2D eigenvalue weighted by atomic mass is 10.2. The van der Waals surface area contributed by atoms with Gasteiger partial charge in [-0.3, -0.25) is 0 Å². The monoisotopic (exact) mass is 327 g/mol. The molecule has 2 rings (SSSR count). The number of thioether (sulfide) groups is 1. The second kappa shape index (κ2) is 5.80. The van der Waals surface area contributed by atoms with Gasteiger partial charge in [0.25, 0.3) is 0 Å². The summed E-state index contributed by atoms with van der Waals surface area (Å²) in [5.41, 5.74) is 7.87. The number of halogens is 2. The first-order chi connectivity index (χ1) is 8.18. The molecule has 2 aromatic carbocycles. The molecule has 0 saturated carbocycles. The zero-order valence-corrected chi connectivity index (χ0v) is 12.1. The van der Waals surface area contributed by atoms with E-state index < -0.39 is 0 Å². The Balaban J connectivity index is 2.16. The first-order valence-corrected chi connectivity index (χ1v) is 7.24. The molecule has 17 heavy (non-hydrogen) atoms. The van der Waals surface area contributed by atoms with Gasteiger partial charge in [-0.2, -0.15) is 0 Å². The molecule has 0 atom stereocenters. The summed E-state index contributed by atoms with van der Waals surface area (Å²) in [5, 5.41) is 0.710. The van der Waals surface area contributed by atoms with Crippen LogP contribution in [-0.4, -0.2) is 0 Å². The lowest BCUT2D eigenvalue weighted by Gasteiger charge is -2.08. The van der Waals surface area contributed by atoms with Crippen LogP contribution in [0.15, 0.2) is 51.8 Å². The minimum Gasteiger partial charge on any atom is -0.398 e. The fourth-order valence-corrected chi connectivity index (χ4v) is 3.39. The van der Waals surface area contributed by atoms with E-state index in [2.05, 4.69) is 22.0 Å². The summed E-state index contributed by atoms with van der Waals surface area (Å²) in [7, 11) is 0. The Hall–Kier alpha value is -0.640. The number of hydrogen-bond donors (Lipinski definition) is 1. The highest BCUT2D eigenvalue weighted by Crippen LogP contribution is 2.35. The lowest BCUT2D eigenvalue weighted by Crippen LogP contribution is -1.90. The largest absolute Gasteiger partial charge is 0.398 e. The van der Waals surface area contributed by atoms with E-state index in [-0.39, 0.29) is 0 Å². The quantitative estimate of drug-likeness (QED) is 0.635. The molecule has 88 valence electrons. The van der Waals surface area contributed by atoms with Crippen molar-refractivity contribution in [2.45, 2.75) is 10.6 Å². The van der Waals surface area contributed by atoms with Crippen molar-refractivity contribution in [2.24, 2.45) is 0 Å². The van der Waals surface area contributed by atoms with E-state index in [0.717, 1.165) is 20.8 Å². The topological polar surface area (TPSA) is 26.0 Å². The summed E-state index contributed by atoms with van der Waals surface area (Å²) in [6.07, 6.45) is 0. The Morgan fingerprint density at radius 3 is 2.59 bits per heavy atom. The molecule has 0 bridgehead atoms. The van der Waals surface area contributed by atoms with Gasteiger partial charge in [0.05, 0.1) is 5.02 Å². The number of rotatable bonds is 3. The third-order valence-corrected chi connectivity index (χ3v) is 4.73. The first kappa shape index (κ1) is 12.8. The molecule has 1 nitrogen and oxygen atoms in total. The molecule has 0 aliphatic rings. The highest BCUT2D eigenvalue weighted by atomic mass is 79.9. The molecular formula is C13H11BrClNS. The number of nitrogen functional groups attached to an aromatic ring is 1. The van der Waals surface area contributed by atoms with Crippen molar-refractivity contribution in [1.29, 1.82) is 0 Å². The fourth-order valence-electron chi connectivity index (χ4n) is 1.44. The maximum absolute atomic E-state index is 6.12. The number of anilines is 1. The van der Waals surface area contributed by atoms with Crippen LogP contribution >= 0.6 is 39.3 Å². The second-order valence-corrected chi connectivity index (χ2v) is 5.79. The van der Waals surface area contributed by atoms with E-state index in [1.54, 1.807) is 11.8 Å². The van der Waals surface area contributed by atoms with Crippen molar-refractivity contribution in [1.82, 2.24) is 0 Å². The van der Waals surface area contributed by atoms with Gasteiger partial charge in [-0.1, -0.05) is 51.8 Å². The van der Waals surface area contributed by atoms with Gasteiger partial charge in [0, 0.05) is 20.8 Å². The van der Waals surface area contributed by atoms with Gasteiger partial charge >= 0.3 is 0 Å². The van der Waals surface area contributed by atoms with Gasteiger partial charge in [0.1, 0.15) is 0 Å². The Kier molecular flexibility index (Phi) is 4.37. The van der Waals surface area contributed by atoms with Gasteiger partial charge in [0.2, 0.25) is 0 Å². The van der Waals surface area contributed by atoms with Gasteiger partial charge in [-0.25, -0.2) is 0 Å². The molecule has 0 spiro atoms. The number of benzene rings is 2. The average molecular weight is 329 g/mol. The third kappa shape index (κ3) is 3.18. The van der Waals surface area contributed by atoms with Crippen LogP contribution in [0, 0.1) is 0 Å². The van der Waals surface area contributed by atoms with Crippen LogP contribution in [0.3, 0.4) is 0 Å². The van der Waals surface area contributed by atoms with E-state index in [1.807, 2.05) is 36.4 Å². The van der Waals surface area contributed by atoms with E-state index in [1.165, 1.54) is 5.56 Å². The first-order valence-electron chi connectivity index (χ1n) is 5.08. The summed E-state index contributed by atoms with van der Waals surface area (Å²) in [6, 6.07) is 13.7. The Bertz CT molecular complexity index is 510. The van der Waals surface area contributed by atoms with E-state index in [4.69, 9.17) is 17.3 Å². The van der Waals surface area contributed by atoms with Crippen LogP contribution in [0.25, 0.3) is 0 Å². The summed E-state index contributed by atoms with van der Waals surface area (Å²) in [5.74, 6) is 0.843. The maximum Gasteiger partial charge on any atom is 0.0562 e. The smallest absolute Gasteiger partial charge is 0.0562 e. The van der Waals surface area contributed by atoms with Crippen LogP contribution in [-0.2, 0) is 5.75 Å². The molecule has 0 aromatic heterocycles. The number of nitrogens with two attached hydrogens (primary N) is 1. The highest BCUT2D eigenvalue weighted by molar-refractivity contribution is 9.10. The Morgan fingerprint density at radius 1 is 1.12 bits per heavy atom. The van der Waals surface area contributed by atoms with Crippen LogP contribution in [0.4, 0.5) is 5.69 Å². The molecule has 0 saturated heterocycles. The third-order valence-electron chi connectivity index (χ3n) is 2.33. The van der Waals surface area contributed by atoms with E-state index in [9.17, 15) is 0 Å². The van der Waals surface area contributed by atoms with Crippen LogP contribution in [0.2, 0.25) is 5.02 Å². The lowest BCUT2D eigenvalue weighted by molar-refractivity contribution is 1.36. The molecule has 0 heterocycles. The standard InChI is InChI=1S/C13H11BrClNS/c14-10-5-2-1-4-9(10)8-17-13-11(15)6-3-7-12(13)16/h1-7H,8,16H2. The van der Waals surface area contributed by atoms with Crippen molar-refractivity contribution >= 4 is 45.0 Å². The molecule has 0 aliphatic carbocycles. The minimum absolute atomic E-state index is 0.710. The molecule has 0 amide bonds. The molecular weight excluding hydrogens is 318 g/mol. The summed E-state index contributed by atoms with van der Waals surface area (Å²) in [4.78, 5) is 0.949. The molecule has 0 unspecified atom stereocenters. The predicted octanol–water partition coefficient (Wildman–Crippen LogP) is 4.98. The van der Waals surface area contributed by atoms with E-state index in [0.29, 0.717) is 5.02 Å². The molecule has 0 fully saturated rings. The maximum atomic E-state index is 6.12. The Labute approximate surface area is 118 Å². The van der Waals surface area contributed by atoms with Crippen molar-refractivity contribution in [2.75, 3.05) is 5.73 Å². The molecule has 2 N–H and O–H groups in total. The van der Waals surface area contributed by atoms with Crippen LogP contribution < -0.4 is 5.73 Å². The minimum atomic E-state index is 0.710. The summed E-state index contributed by atoms with van der Waals surface area (Å²) >= 11 is 11.3. The zero-order valence-electron chi connectivity index (χ0n) is 8.99. The highest BCUT2D eigenvalue weighted by Gasteiger charge is 2.06. The van der Waals surface area contributed by atoms with Gasteiger partial charge in [-0.05, 0) is 23.8 Å². The van der Waals surface area contributed by atoms with Crippen LogP contribution in [0.5, 0.6) is 0 Å². The van der Waals surface area contributed by atoms with Crippen molar-refractivity contribution in [3.63, 3.8) is 0 Å². The average Bonchev–Trinajstić information content (AvgIpc) is 2.30. The van der Waals surface area contributed by atoms with Gasteiger partial charge < -0.3 is 5.73 Å². The number of hydrogen-bond acceptors (Lipinski definition) is 2. The molecule has 0 radical (unpaired) electrons. The normalized spacial score (nSPS) is 10.5. The van der Waals surface area contributed by atoms with Gasteiger partial charge in [0.15, 0.2) is 0 Å². The molecule has 4 heteroatoms. The van der Waals surface area contributed by atoms with Gasteiger partial charge in [-0.15, -0.1) is 11.8 Å². The van der Waals surface area contributed by atoms with Crippen LogP contribution in [0.1, 0.15) is 5.56 Å². The summed E-state index contributed by atoms with van der Waals surface area (Å²) < 4.78 is 1.11.